The van der Waals surface area contributed by atoms with Crippen molar-refractivity contribution in [1.29, 1.82) is 5.26 Å². The van der Waals surface area contributed by atoms with E-state index in [1.54, 1.807) is 10.9 Å². The number of aryl methyl sites for hydroxylation is 1. The SMILES string of the molecule is CCCCn1cnc2c1c(=O)n(CC1(O)CC(C#N)C1)c(=O)n2CC(C)C. The number of hydrogen-bond donors (Lipinski definition) is 1. The summed E-state index contributed by atoms with van der Waals surface area (Å²) in [6.07, 6.45) is 4.07. The fraction of sp³-hybridized carbons (Fsp3) is 0.684. The first-order valence-electron chi connectivity index (χ1n) is 9.60. The largest absolute Gasteiger partial charge is 0.388 e. The van der Waals surface area contributed by atoms with E-state index in [0.29, 0.717) is 24.3 Å². The van der Waals surface area contributed by atoms with Gasteiger partial charge in [-0.1, -0.05) is 27.2 Å². The summed E-state index contributed by atoms with van der Waals surface area (Å²) in [5.74, 6) is -0.0187. The molecule has 0 radical (unpaired) electrons. The maximum absolute atomic E-state index is 13.1. The van der Waals surface area contributed by atoms with Crippen LogP contribution in [0.25, 0.3) is 11.2 Å². The summed E-state index contributed by atoms with van der Waals surface area (Å²) in [6.45, 7) is 7.08. The van der Waals surface area contributed by atoms with Gasteiger partial charge in [-0.3, -0.25) is 13.9 Å². The molecule has 27 heavy (non-hydrogen) atoms. The Morgan fingerprint density at radius 2 is 2.07 bits per heavy atom. The summed E-state index contributed by atoms with van der Waals surface area (Å²) in [7, 11) is 0. The molecular weight excluding hydrogens is 346 g/mol. The first-order valence-corrected chi connectivity index (χ1v) is 9.60. The number of nitriles is 1. The van der Waals surface area contributed by atoms with Crippen molar-refractivity contribution in [3.63, 3.8) is 0 Å². The molecule has 1 N–H and O–H groups in total. The standard InChI is InChI=1S/C19H27N5O3/c1-4-5-6-22-12-21-16-15(22)17(25)24(18(26)23(16)10-13(2)3)11-19(27)7-14(8-19)9-20/h12-14,27H,4-8,10-11H2,1-3H3. The zero-order valence-corrected chi connectivity index (χ0v) is 16.2. The minimum absolute atomic E-state index is 0.0875. The Balaban J connectivity index is 2.13. The van der Waals surface area contributed by atoms with Crippen molar-refractivity contribution >= 4 is 11.2 Å². The van der Waals surface area contributed by atoms with Gasteiger partial charge in [0.05, 0.1) is 30.5 Å². The van der Waals surface area contributed by atoms with Crippen molar-refractivity contribution in [3.05, 3.63) is 27.2 Å². The van der Waals surface area contributed by atoms with E-state index in [1.165, 1.54) is 4.57 Å². The Labute approximate surface area is 157 Å². The highest BCUT2D eigenvalue weighted by Gasteiger charge is 2.44. The van der Waals surface area contributed by atoms with Gasteiger partial charge in [0.25, 0.3) is 5.56 Å². The molecule has 146 valence electrons. The van der Waals surface area contributed by atoms with E-state index in [9.17, 15) is 14.7 Å². The molecular formula is C19H27N5O3. The molecule has 1 saturated carbocycles. The van der Waals surface area contributed by atoms with Crippen molar-refractivity contribution in [2.75, 3.05) is 0 Å². The molecule has 8 nitrogen and oxygen atoms in total. The van der Waals surface area contributed by atoms with Crippen LogP contribution in [0.4, 0.5) is 0 Å². The fourth-order valence-corrected chi connectivity index (χ4v) is 3.78. The molecule has 0 bridgehead atoms. The number of nitrogens with zero attached hydrogens (tertiary/aromatic N) is 5. The number of unbranched alkanes of at least 4 members (excludes halogenated alkanes) is 1. The average Bonchev–Trinajstić information content (AvgIpc) is 3.01. The molecule has 2 heterocycles. The zero-order valence-electron chi connectivity index (χ0n) is 16.2. The van der Waals surface area contributed by atoms with Crippen molar-refractivity contribution < 1.29 is 5.11 Å². The third kappa shape index (κ3) is 3.56. The summed E-state index contributed by atoms with van der Waals surface area (Å²) in [5.41, 5.74) is -1.24. The molecule has 2 aromatic heterocycles. The van der Waals surface area contributed by atoms with E-state index in [4.69, 9.17) is 5.26 Å². The molecule has 0 saturated heterocycles. The number of aliphatic hydroxyl groups is 1. The molecule has 3 rings (SSSR count). The molecule has 0 aliphatic heterocycles. The Morgan fingerprint density at radius 3 is 2.67 bits per heavy atom. The van der Waals surface area contributed by atoms with Gasteiger partial charge in [0, 0.05) is 13.1 Å². The molecule has 8 heteroatoms. The molecule has 0 amide bonds. The molecule has 1 fully saturated rings. The lowest BCUT2D eigenvalue weighted by atomic mass is 9.71. The van der Waals surface area contributed by atoms with E-state index in [2.05, 4.69) is 18.0 Å². The molecule has 0 aromatic carbocycles. The maximum Gasteiger partial charge on any atom is 0.332 e. The van der Waals surface area contributed by atoms with Gasteiger partial charge in [-0.25, -0.2) is 9.78 Å². The van der Waals surface area contributed by atoms with Gasteiger partial charge in [0.2, 0.25) is 0 Å². The van der Waals surface area contributed by atoms with Gasteiger partial charge < -0.3 is 9.67 Å². The van der Waals surface area contributed by atoms with Gasteiger partial charge >= 0.3 is 5.69 Å². The first-order chi connectivity index (χ1) is 12.8. The number of fused-ring (bicyclic) bond motifs is 1. The summed E-state index contributed by atoms with van der Waals surface area (Å²) in [5, 5.41) is 19.6. The smallest absolute Gasteiger partial charge is 0.332 e. The summed E-state index contributed by atoms with van der Waals surface area (Å²) in [6, 6.07) is 2.12. The van der Waals surface area contributed by atoms with Crippen LogP contribution in [-0.4, -0.2) is 29.4 Å². The van der Waals surface area contributed by atoms with Crippen molar-refractivity contribution in [2.24, 2.45) is 11.8 Å². The van der Waals surface area contributed by atoms with Gasteiger partial charge in [0.15, 0.2) is 11.2 Å². The monoisotopic (exact) mass is 373 g/mol. The first kappa shape index (κ1) is 19.4. The predicted molar refractivity (Wildman–Crippen MR) is 101 cm³/mol. The highest BCUT2D eigenvalue weighted by molar-refractivity contribution is 5.70. The van der Waals surface area contributed by atoms with Crippen LogP contribution in [0.1, 0.15) is 46.5 Å². The van der Waals surface area contributed by atoms with E-state index >= 15 is 0 Å². The van der Waals surface area contributed by atoms with Gasteiger partial charge in [0.1, 0.15) is 0 Å². The third-order valence-electron chi connectivity index (χ3n) is 5.17. The summed E-state index contributed by atoms with van der Waals surface area (Å²) >= 11 is 0. The van der Waals surface area contributed by atoms with Gasteiger partial charge in [-0.2, -0.15) is 5.26 Å². The molecule has 0 atom stereocenters. The van der Waals surface area contributed by atoms with Crippen LogP contribution >= 0.6 is 0 Å². The Bertz CT molecular complexity index is 986. The molecule has 2 aromatic rings. The van der Waals surface area contributed by atoms with Crippen LogP contribution in [-0.2, 0) is 19.6 Å². The fourth-order valence-electron chi connectivity index (χ4n) is 3.78. The van der Waals surface area contributed by atoms with Crippen LogP contribution in [0.5, 0.6) is 0 Å². The minimum Gasteiger partial charge on any atom is -0.388 e. The van der Waals surface area contributed by atoms with Crippen LogP contribution in [0.15, 0.2) is 15.9 Å². The third-order valence-corrected chi connectivity index (χ3v) is 5.17. The van der Waals surface area contributed by atoms with Crippen LogP contribution < -0.4 is 11.2 Å². The van der Waals surface area contributed by atoms with Crippen molar-refractivity contribution in [1.82, 2.24) is 18.7 Å². The number of aromatic nitrogens is 4. The maximum atomic E-state index is 13.1. The van der Waals surface area contributed by atoms with Gasteiger partial charge in [-0.15, -0.1) is 0 Å². The molecule has 1 aliphatic carbocycles. The molecule has 0 spiro atoms. The van der Waals surface area contributed by atoms with Crippen molar-refractivity contribution in [3.8, 4) is 6.07 Å². The number of rotatable bonds is 7. The van der Waals surface area contributed by atoms with Crippen LogP contribution in [0.2, 0.25) is 0 Å². The highest BCUT2D eigenvalue weighted by Crippen LogP contribution is 2.38. The van der Waals surface area contributed by atoms with Gasteiger partial charge in [-0.05, 0) is 25.2 Å². The van der Waals surface area contributed by atoms with E-state index in [0.717, 1.165) is 17.4 Å². The lowest BCUT2D eigenvalue weighted by molar-refractivity contribution is -0.0712. The summed E-state index contributed by atoms with van der Waals surface area (Å²) < 4.78 is 4.47. The quantitative estimate of drug-likeness (QED) is 0.791. The molecule has 0 unspecified atom stereocenters. The topological polar surface area (TPSA) is 106 Å². The minimum atomic E-state index is -1.18. The van der Waals surface area contributed by atoms with Crippen LogP contribution in [0, 0.1) is 23.2 Å². The number of imidazole rings is 1. The summed E-state index contributed by atoms with van der Waals surface area (Å²) in [4.78, 5) is 30.5. The lowest BCUT2D eigenvalue weighted by Crippen LogP contribution is -2.52. The van der Waals surface area contributed by atoms with E-state index in [-0.39, 0.29) is 31.2 Å². The highest BCUT2D eigenvalue weighted by atomic mass is 16.3. The zero-order chi connectivity index (χ0) is 19.8. The van der Waals surface area contributed by atoms with E-state index < -0.39 is 16.9 Å². The molecule has 1 aliphatic rings. The predicted octanol–water partition coefficient (Wildman–Crippen LogP) is 1.48. The van der Waals surface area contributed by atoms with Crippen LogP contribution in [0.3, 0.4) is 0 Å². The van der Waals surface area contributed by atoms with Crippen molar-refractivity contribution in [2.45, 2.75) is 71.7 Å². The Morgan fingerprint density at radius 1 is 1.37 bits per heavy atom. The normalized spacial score (nSPS) is 22.1. The van der Waals surface area contributed by atoms with E-state index in [1.807, 2.05) is 13.8 Å². The average molecular weight is 373 g/mol. The second-order valence-electron chi connectivity index (χ2n) is 8.10. The second-order valence-corrected chi connectivity index (χ2v) is 8.10. The second kappa shape index (κ2) is 7.31. The number of hydrogen-bond acceptors (Lipinski definition) is 5. The Kier molecular flexibility index (Phi) is 5.24. The lowest BCUT2D eigenvalue weighted by Gasteiger charge is -2.40. The Hall–Kier alpha value is -2.40.